The van der Waals surface area contributed by atoms with Gasteiger partial charge >= 0.3 is 47.8 Å². The maximum Gasteiger partial charge on any atom is 0.335 e. The van der Waals surface area contributed by atoms with E-state index in [1.807, 2.05) is 0 Å². The van der Waals surface area contributed by atoms with Gasteiger partial charge in [0.1, 0.15) is 46.0 Å². The molecule has 480 valence electrons. The molecule has 8 aromatic carbocycles. The Kier molecular flexibility index (Phi) is 22.4. The summed E-state index contributed by atoms with van der Waals surface area (Å²) >= 11 is 0. The van der Waals surface area contributed by atoms with Gasteiger partial charge in [-0.2, -0.15) is 0 Å². The van der Waals surface area contributed by atoms with Gasteiger partial charge in [0.2, 0.25) is 0 Å². The highest BCUT2D eigenvalue weighted by molar-refractivity contribution is 5.88. The molecule has 1 aliphatic rings. The minimum absolute atomic E-state index is 0.00602. The third kappa shape index (κ3) is 16.4. The average molecular weight is 1280 g/mol. The summed E-state index contributed by atoms with van der Waals surface area (Å²) in [5.41, 5.74) is 7.34. The number of carbonyl (C=O) groups excluding carboxylic acids is 8. The van der Waals surface area contributed by atoms with Gasteiger partial charge in [0.05, 0.1) is 0 Å². The largest absolute Gasteiger partial charge is 0.423 e. The van der Waals surface area contributed by atoms with E-state index in [-0.39, 0.29) is 97.4 Å². The molecule has 0 aliphatic heterocycles. The molecule has 0 heterocycles. The number of fused-ring (bicyclic) bond motifs is 16. The van der Waals surface area contributed by atoms with Crippen molar-refractivity contribution >= 4 is 47.8 Å². The Balaban J connectivity index is 1.31. The lowest BCUT2D eigenvalue weighted by Crippen LogP contribution is -2.13. The monoisotopic (exact) mass is 1280 g/mol. The summed E-state index contributed by atoms with van der Waals surface area (Å²) in [5, 5.41) is 0. The van der Waals surface area contributed by atoms with Crippen LogP contribution >= 0.6 is 0 Å². The fraction of sp³-hybridized carbons (Fsp3) is 0.100. The third-order valence-corrected chi connectivity index (χ3v) is 15.4. The van der Waals surface area contributed by atoms with Crippen molar-refractivity contribution in [1.82, 2.24) is 0 Å². The van der Waals surface area contributed by atoms with Gasteiger partial charge < -0.3 is 37.9 Å². The van der Waals surface area contributed by atoms with Crippen LogP contribution < -0.4 is 37.9 Å². The highest BCUT2D eigenvalue weighted by Gasteiger charge is 2.27. The Bertz CT molecular complexity index is 3520. The van der Waals surface area contributed by atoms with Gasteiger partial charge in [-0.1, -0.05) is 198 Å². The highest BCUT2D eigenvalue weighted by Crippen LogP contribution is 2.42. The average Bonchev–Trinajstić information content (AvgIpc) is 0.813. The SMILES string of the molecule is C=CC(=O)Oc1c2cccc1Cc1cccc(c1OC(=O)C=C)Cc1cccc(c1OC(=O)C=C)Cc1cccc(c1OC(=O)C=C)Cc1cccc(c1OC(=O)C=C)Cc1cccc(c1OC(=O)C=C)Cc1cccc(c1OC(=O)C=C)Cc1cccc(c1OC(=O)C=C)C2. The van der Waals surface area contributed by atoms with E-state index in [9.17, 15) is 38.4 Å². The van der Waals surface area contributed by atoms with Crippen molar-refractivity contribution in [3.05, 3.63) is 336 Å². The normalized spacial score (nSPS) is 11.7. The zero-order valence-corrected chi connectivity index (χ0v) is 52.3. The van der Waals surface area contributed by atoms with Crippen LogP contribution in [0.1, 0.15) is 89.0 Å². The molecule has 0 aromatic heterocycles. The number of benzene rings is 8. The van der Waals surface area contributed by atoms with E-state index in [4.69, 9.17) is 37.9 Å². The lowest BCUT2D eigenvalue weighted by molar-refractivity contribution is -0.130. The molecule has 0 saturated carbocycles. The molecule has 0 radical (unpaired) electrons. The minimum Gasteiger partial charge on any atom is -0.423 e. The van der Waals surface area contributed by atoms with Gasteiger partial charge in [-0.25, -0.2) is 38.4 Å². The van der Waals surface area contributed by atoms with Crippen molar-refractivity contribution in [2.45, 2.75) is 51.4 Å². The molecule has 0 fully saturated rings. The Morgan fingerprint density at radius 3 is 0.344 bits per heavy atom. The van der Waals surface area contributed by atoms with Crippen LogP contribution in [0.5, 0.6) is 46.0 Å². The van der Waals surface area contributed by atoms with E-state index in [0.717, 1.165) is 48.6 Å². The van der Waals surface area contributed by atoms with E-state index in [0.29, 0.717) is 89.0 Å². The molecule has 16 heteroatoms. The lowest BCUT2D eigenvalue weighted by atomic mass is 9.91. The number of esters is 8. The Morgan fingerprint density at radius 1 is 0.188 bits per heavy atom. The second kappa shape index (κ2) is 31.6. The predicted molar refractivity (Wildman–Crippen MR) is 361 cm³/mol. The van der Waals surface area contributed by atoms with Crippen molar-refractivity contribution in [3.63, 3.8) is 0 Å². The van der Waals surface area contributed by atoms with Crippen molar-refractivity contribution in [1.29, 1.82) is 0 Å². The molecule has 0 atom stereocenters. The molecule has 9 rings (SSSR count). The van der Waals surface area contributed by atoms with Crippen LogP contribution in [0.2, 0.25) is 0 Å². The summed E-state index contributed by atoms with van der Waals surface area (Å²) < 4.78 is 48.8. The number of hydrogen-bond acceptors (Lipinski definition) is 16. The molecular formula is C80H64O16. The van der Waals surface area contributed by atoms with E-state index < -0.39 is 47.8 Å². The molecule has 0 unspecified atom stereocenters. The van der Waals surface area contributed by atoms with Crippen molar-refractivity contribution in [3.8, 4) is 46.0 Å². The number of rotatable bonds is 16. The summed E-state index contributed by atoms with van der Waals surface area (Å²) in [5.74, 6) is -5.35. The van der Waals surface area contributed by atoms with Gasteiger partial charge in [-0.15, -0.1) is 0 Å². The van der Waals surface area contributed by atoms with E-state index in [1.165, 1.54) is 0 Å². The van der Waals surface area contributed by atoms with Gasteiger partial charge in [0.15, 0.2) is 0 Å². The first kappa shape index (κ1) is 67.8. The van der Waals surface area contributed by atoms with E-state index >= 15 is 0 Å². The van der Waals surface area contributed by atoms with Crippen molar-refractivity contribution in [2.24, 2.45) is 0 Å². The van der Waals surface area contributed by atoms with Crippen molar-refractivity contribution < 1.29 is 76.3 Å². The Morgan fingerprint density at radius 2 is 0.271 bits per heavy atom. The van der Waals surface area contributed by atoms with Crippen LogP contribution in [0.15, 0.2) is 247 Å². The predicted octanol–water partition coefficient (Wildman–Crippen LogP) is 13.5. The fourth-order valence-electron chi connectivity index (χ4n) is 11.2. The van der Waals surface area contributed by atoms with Gasteiger partial charge in [0, 0.05) is 100.0 Å². The van der Waals surface area contributed by atoms with Crippen molar-refractivity contribution in [2.75, 3.05) is 0 Å². The van der Waals surface area contributed by atoms with Crippen LogP contribution in [0.4, 0.5) is 0 Å². The smallest absolute Gasteiger partial charge is 0.335 e. The standard InChI is InChI=1S/C80H64O16/c1-9-65(81)89-73-49-25-17-26-50(73)42-52-28-19-30-54(75(52)91-67(83)11-3)44-56-32-21-34-58(77(56)93-69(85)13-5)46-60-36-23-38-62(79(60)95-71(87)15-7)48-64-40-24-39-63(80(64)96-72(88)16-8)47-61-37-22-35-59(78(61)94-70(86)14-6)45-57-33-20-31-55(76(57)92-68(84)12-4)43-53-29-18-27-51(41-49)74(53)90-66(82)10-2/h9-40H,1-8,41-48H2. The number of ether oxygens (including phenoxy) is 8. The molecule has 96 heavy (non-hydrogen) atoms. The first-order chi connectivity index (χ1) is 46.5. The van der Waals surface area contributed by atoms with Crippen LogP contribution in [-0.4, -0.2) is 47.8 Å². The zero-order valence-electron chi connectivity index (χ0n) is 52.3. The maximum atomic E-state index is 13.4. The van der Waals surface area contributed by atoms with Crippen LogP contribution in [0, 0.1) is 0 Å². The molecule has 16 nitrogen and oxygen atoms in total. The topological polar surface area (TPSA) is 210 Å². The summed E-state index contributed by atoms with van der Waals surface area (Å²) in [6.07, 6.45) is 8.06. The molecule has 8 aromatic rings. The zero-order chi connectivity index (χ0) is 68.4. The summed E-state index contributed by atoms with van der Waals surface area (Å²) in [7, 11) is 0. The lowest BCUT2D eigenvalue weighted by Gasteiger charge is -2.21. The molecule has 0 saturated heterocycles. The molecule has 0 spiro atoms. The van der Waals surface area contributed by atoms with Crippen LogP contribution in [0.3, 0.4) is 0 Å². The van der Waals surface area contributed by atoms with E-state index in [2.05, 4.69) is 52.6 Å². The van der Waals surface area contributed by atoms with Gasteiger partial charge in [-0.05, 0) is 89.0 Å². The Labute approximate surface area is 554 Å². The molecular weight excluding hydrogens is 1220 g/mol. The van der Waals surface area contributed by atoms with Gasteiger partial charge in [0.25, 0.3) is 0 Å². The quantitative estimate of drug-likeness (QED) is 0.0500. The maximum absolute atomic E-state index is 13.4. The Hall–Kier alpha value is -12.6. The van der Waals surface area contributed by atoms with Gasteiger partial charge in [-0.3, -0.25) is 0 Å². The summed E-state index contributed by atoms with van der Waals surface area (Å²) in [4.78, 5) is 107. The minimum atomic E-state index is -0.792. The van der Waals surface area contributed by atoms with E-state index in [1.54, 1.807) is 146 Å². The number of hydrogen-bond donors (Lipinski definition) is 0. The molecule has 1 aliphatic carbocycles. The number of para-hydroxylation sites is 8. The summed E-state index contributed by atoms with van der Waals surface area (Å²) in [6, 6.07) is 41.9. The van der Waals surface area contributed by atoms with Crippen LogP contribution in [-0.2, 0) is 89.7 Å². The number of carbonyl (C=O) groups is 8. The second-order valence-electron chi connectivity index (χ2n) is 21.7. The first-order valence-electron chi connectivity index (χ1n) is 30.1. The summed E-state index contributed by atoms with van der Waals surface area (Å²) in [6.45, 7) is 29.2. The third-order valence-electron chi connectivity index (χ3n) is 15.4. The molecule has 0 amide bonds. The first-order valence-corrected chi connectivity index (χ1v) is 30.1. The second-order valence-corrected chi connectivity index (χ2v) is 21.7. The fourth-order valence-corrected chi connectivity index (χ4v) is 11.2. The van der Waals surface area contributed by atoms with Crippen LogP contribution in [0.25, 0.3) is 0 Å². The molecule has 0 N–H and O–H groups in total. The molecule has 16 bridgehead atoms. The highest BCUT2D eigenvalue weighted by atomic mass is 16.6.